The van der Waals surface area contributed by atoms with Gasteiger partial charge in [-0.05, 0) is 56.6 Å². The molecule has 4 heteroatoms. The lowest BCUT2D eigenvalue weighted by atomic mass is 9.99. The smallest absolute Gasteiger partial charge is 0.136 e. The molecule has 3 rings (SSSR count). The molecule has 1 saturated carbocycles. The number of hydrogen-bond donors (Lipinski definition) is 2. The van der Waals surface area contributed by atoms with E-state index in [1.807, 2.05) is 0 Å². The number of nitrogens with one attached hydrogen (secondary N) is 1. The quantitative estimate of drug-likeness (QED) is 0.836. The Balaban J connectivity index is 1.85. The second kappa shape index (κ2) is 5.68. The fraction of sp³-hybridized carbons (Fsp3) is 0.625. The van der Waals surface area contributed by atoms with E-state index in [2.05, 4.69) is 18.3 Å². The predicted molar refractivity (Wildman–Crippen MR) is 87.2 cm³/mol. The van der Waals surface area contributed by atoms with Crippen LogP contribution in [0, 0.1) is 5.92 Å². The summed E-state index contributed by atoms with van der Waals surface area (Å²) in [4.78, 5) is 5.26. The monoisotopic (exact) mass is 289 g/mol. The predicted octanol–water partition coefficient (Wildman–Crippen LogP) is 3.20. The van der Waals surface area contributed by atoms with Crippen molar-refractivity contribution < 1.29 is 0 Å². The van der Waals surface area contributed by atoms with E-state index in [1.165, 1.54) is 43.4 Å². The van der Waals surface area contributed by atoms with E-state index in [0.29, 0.717) is 11.0 Å². The van der Waals surface area contributed by atoms with Crippen molar-refractivity contribution in [3.63, 3.8) is 0 Å². The minimum atomic E-state index is 0.442. The van der Waals surface area contributed by atoms with Crippen LogP contribution in [-0.2, 0) is 12.8 Å². The van der Waals surface area contributed by atoms with Crippen LogP contribution in [0.3, 0.4) is 0 Å². The SMILES string of the molecule is CC(Nc1nc2c(cc1C(N)=S)CCC2)C1CCCC1. The Kier molecular flexibility index (Phi) is 3.92. The molecule has 0 amide bonds. The largest absolute Gasteiger partial charge is 0.389 e. The summed E-state index contributed by atoms with van der Waals surface area (Å²) in [5.74, 6) is 1.65. The van der Waals surface area contributed by atoms with Crippen LogP contribution in [0.25, 0.3) is 0 Å². The van der Waals surface area contributed by atoms with Crippen molar-refractivity contribution in [3.05, 3.63) is 22.9 Å². The van der Waals surface area contributed by atoms with Crippen LogP contribution in [0.2, 0.25) is 0 Å². The number of thiocarbonyl (C=S) groups is 1. The normalized spacial score (nSPS) is 19.9. The third-order valence-electron chi connectivity index (χ3n) is 4.79. The number of fused-ring (bicyclic) bond motifs is 1. The average Bonchev–Trinajstić information content (AvgIpc) is 3.08. The van der Waals surface area contributed by atoms with E-state index >= 15 is 0 Å². The Morgan fingerprint density at radius 2 is 2.10 bits per heavy atom. The van der Waals surface area contributed by atoms with Crippen LogP contribution in [0.15, 0.2) is 6.07 Å². The second-order valence-corrected chi connectivity index (χ2v) is 6.63. The van der Waals surface area contributed by atoms with Crippen LogP contribution in [-0.4, -0.2) is 16.0 Å². The zero-order valence-corrected chi connectivity index (χ0v) is 12.9. The third-order valence-corrected chi connectivity index (χ3v) is 5.01. The topological polar surface area (TPSA) is 50.9 Å². The Bertz CT molecular complexity index is 521. The summed E-state index contributed by atoms with van der Waals surface area (Å²) in [7, 11) is 0. The van der Waals surface area contributed by atoms with Gasteiger partial charge in [0.05, 0.1) is 5.56 Å². The Morgan fingerprint density at radius 3 is 2.80 bits per heavy atom. The molecule has 1 aromatic rings. The molecule has 0 spiro atoms. The standard InChI is InChI=1S/C16H23N3S/c1-10(11-5-2-3-6-11)18-16-13(15(17)20)9-12-7-4-8-14(12)19-16/h9-11H,2-8H2,1H3,(H2,17,20)(H,18,19). The van der Waals surface area contributed by atoms with Crippen molar-refractivity contribution in [1.82, 2.24) is 4.98 Å². The first kappa shape index (κ1) is 13.8. The maximum Gasteiger partial charge on any atom is 0.136 e. The number of rotatable bonds is 4. The van der Waals surface area contributed by atoms with Crippen molar-refractivity contribution >= 4 is 23.0 Å². The zero-order valence-electron chi connectivity index (χ0n) is 12.1. The van der Waals surface area contributed by atoms with Gasteiger partial charge in [-0.1, -0.05) is 25.1 Å². The first-order valence-electron chi connectivity index (χ1n) is 7.74. The van der Waals surface area contributed by atoms with E-state index in [9.17, 15) is 0 Å². The van der Waals surface area contributed by atoms with E-state index in [-0.39, 0.29) is 0 Å². The average molecular weight is 289 g/mol. The van der Waals surface area contributed by atoms with Gasteiger partial charge < -0.3 is 11.1 Å². The minimum absolute atomic E-state index is 0.442. The fourth-order valence-corrected chi connectivity index (χ4v) is 3.72. The maximum absolute atomic E-state index is 5.89. The van der Waals surface area contributed by atoms with Gasteiger partial charge in [0.25, 0.3) is 0 Å². The van der Waals surface area contributed by atoms with Crippen molar-refractivity contribution in [2.45, 2.75) is 57.9 Å². The van der Waals surface area contributed by atoms with Crippen molar-refractivity contribution in [2.24, 2.45) is 11.7 Å². The Labute approximate surface area is 126 Å². The Morgan fingerprint density at radius 1 is 1.35 bits per heavy atom. The number of nitrogens with zero attached hydrogens (tertiary/aromatic N) is 1. The van der Waals surface area contributed by atoms with E-state index < -0.39 is 0 Å². The van der Waals surface area contributed by atoms with Crippen LogP contribution in [0.5, 0.6) is 0 Å². The summed E-state index contributed by atoms with van der Waals surface area (Å²) in [5.41, 5.74) is 9.36. The maximum atomic E-state index is 5.89. The van der Waals surface area contributed by atoms with Gasteiger partial charge in [-0.25, -0.2) is 4.98 Å². The number of aromatic nitrogens is 1. The van der Waals surface area contributed by atoms with E-state index in [0.717, 1.165) is 30.1 Å². The highest BCUT2D eigenvalue weighted by Gasteiger charge is 2.24. The van der Waals surface area contributed by atoms with Gasteiger partial charge in [-0.2, -0.15) is 0 Å². The summed E-state index contributed by atoms with van der Waals surface area (Å²) in [6.07, 6.45) is 8.74. The van der Waals surface area contributed by atoms with Gasteiger partial charge in [0, 0.05) is 11.7 Å². The molecule has 0 saturated heterocycles. The van der Waals surface area contributed by atoms with Gasteiger partial charge in [-0.15, -0.1) is 0 Å². The lowest BCUT2D eigenvalue weighted by Crippen LogP contribution is -2.26. The lowest BCUT2D eigenvalue weighted by Gasteiger charge is -2.23. The molecule has 3 nitrogen and oxygen atoms in total. The molecular weight excluding hydrogens is 266 g/mol. The number of nitrogens with two attached hydrogens (primary N) is 1. The molecule has 1 unspecified atom stereocenters. The van der Waals surface area contributed by atoms with Crippen molar-refractivity contribution in [1.29, 1.82) is 0 Å². The highest BCUT2D eigenvalue weighted by Crippen LogP contribution is 2.31. The molecule has 2 aliphatic rings. The van der Waals surface area contributed by atoms with E-state index in [4.69, 9.17) is 22.9 Å². The first-order valence-corrected chi connectivity index (χ1v) is 8.15. The summed E-state index contributed by atoms with van der Waals surface area (Å²) < 4.78 is 0. The third kappa shape index (κ3) is 2.66. The highest BCUT2D eigenvalue weighted by atomic mass is 32.1. The molecule has 0 aliphatic heterocycles. The molecule has 1 atom stereocenters. The van der Waals surface area contributed by atoms with Gasteiger partial charge in [0.1, 0.15) is 10.8 Å². The van der Waals surface area contributed by atoms with Gasteiger partial charge >= 0.3 is 0 Å². The number of hydrogen-bond acceptors (Lipinski definition) is 3. The summed E-state index contributed by atoms with van der Waals surface area (Å²) >= 11 is 5.21. The fourth-order valence-electron chi connectivity index (χ4n) is 3.56. The van der Waals surface area contributed by atoms with Gasteiger partial charge in [0.15, 0.2) is 0 Å². The van der Waals surface area contributed by atoms with Crippen molar-refractivity contribution in [2.75, 3.05) is 5.32 Å². The second-order valence-electron chi connectivity index (χ2n) is 6.19. The van der Waals surface area contributed by atoms with Crippen LogP contribution in [0.4, 0.5) is 5.82 Å². The van der Waals surface area contributed by atoms with Crippen LogP contribution >= 0.6 is 12.2 Å². The first-order chi connectivity index (χ1) is 9.65. The molecule has 1 heterocycles. The molecule has 0 aromatic carbocycles. The molecule has 20 heavy (non-hydrogen) atoms. The highest BCUT2D eigenvalue weighted by molar-refractivity contribution is 7.80. The number of aryl methyl sites for hydroxylation is 2. The van der Waals surface area contributed by atoms with Gasteiger partial charge in [-0.3, -0.25) is 0 Å². The molecular formula is C16H23N3S. The van der Waals surface area contributed by atoms with E-state index in [1.54, 1.807) is 0 Å². The van der Waals surface area contributed by atoms with Gasteiger partial charge in [0.2, 0.25) is 0 Å². The molecule has 108 valence electrons. The molecule has 2 aliphatic carbocycles. The minimum Gasteiger partial charge on any atom is -0.389 e. The molecule has 3 N–H and O–H groups in total. The molecule has 0 bridgehead atoms. The lowest BCUT2D eigenvalue weighted by molar-refractivity contribution is 0.481. The zero-order chi connectivity index (χ0) is 14.1. The Hall–Kier alpha value is -1.16. The molecule has 1 fully saturated rings. The number of anilines is 1. The summed E-state index contributed by atoms with van der Waals surface area (Å²) in [5, 5.41) is 3.58. The van der Waals surface area contributed by atoms with Crippen LogP contribution < -0.4 is 11.1 Å². The molecule has 0 radical (unpaired) electrons. The summed E-state index contributed by atoms with van der Waals surface area (Å²) in [6, 6.07) is 2.60. The van der Waals surface area contributed by atoms with Crippen molar-refractivity contribution in [3.8, 4) is 0 Å². The number of pyridine rings is 1. The summed E-state index contributed by atoms with van der Waals surface area (Å²) in [6.45, 7) is 2.26. The van der Waals surface area contributed by atoms with Crippen LogP contribution in [0.1, 0.15) is 55.8 Å². The molecule has 1 aromatic heterocycles.